The lowest BCUT2D eigenvalue weighted by Crippen LogP contribution is -2.58. The fraction of sp³-hybridized carbons (Fsp3) is 0.792. The minimum atomic E-state index is -1.43. The Morgan fingerprint density at radius 2 is 2.10 bits per heavy atom. The number of Topliss-reactive ketones (excluding diaryl/α,β-unsaturated/α-hetero) is 1. The summed E-state index contributed by atoms with van der Waals surface area (Å²) < 4.78 is 14.5. The second kappa shape index (κ2) is 7.65. The predicted molar refractivity (Wildman–Crippen MR) is 113 cm³/mol. The summed E-state index contributed by atoms with van der Waals surface area (Å²) in [5.74, 6) is -0.889. The largest absolute Gasteiger partial charge is 0.396 e. The first-order chi connectivity index (χ1) is 14.8. The van der Waals surface area contributed by atoms with Gasteiger partial charge in [0, 0.05) is 17.9 Å². The summed E-state index contributed by atoms with van der Waals surface area (Å²) in [7, 11) is 0. The molecule has 0 spiro atoms. The van der Waals surface area contributed by atoms with Gasteiger partial charge in [-0.2, -0.15) is 0 Å². The zero-order chi connectivity index (χ0) is 22.0. The number of carbonyl (C=O) groups is 1. The molecule has 0 aromatic heterocycles. The van der Waals surface area contributed by atoms with Crippen molar-refractivity contribution in [3.8, 4) is 0 Å². The highest BCUT2D eigenvalue weighted by Crippen LogP contribution is 2.65. The van der Waals surface area contributed by atoms with E-state index < -0.39 is 23.6 Å². The number of ketones is 1. The highest BCUT2D eigenvalue weighted by molar-refractivity contribution is 5.91. The van der Waals surface area contributed by atoms with E-state index in [2.05, 4.69) is 23.8 Å². The van der Waals surface area contributed by atoms with Crippen molar-refractivity contribution in [3.05, 3.63) is 23.4 Å². The van der Waals surface area contributed by atoms with Crippen LogP contribution in [0.4, 0.5) is 4.39 Å². The zero-order valence-corrected chi connectivity index (χ0v) is 18.4. The topological polar surface area (TPSA) is 90.8 Å². The van der Waals surface area contributed by atoms with E-state index >= 15 is 0 Å². The summed E-state index contributed by atoms with van der Waals surface area (Å²) in [6.07, 6.45) is 5.50. The third-order valence-corrected chi connectivity index (χ3v) is 9.33. The number of nitrogens with one attached hydrogen (secondary N) is 2. The van der Waals surface area contributed by atoms with Crippen molar-refractivity contribution in [1.82, 2.24) is 10.8 Å². The van der Waals surface area contributed by atoms with Crippen LogP contribution in [0.25, 0.3) is 0 Å². The third-order valence-electron chi connectivity index (χ3n) is 9.33. The van der Waals surface area contributed by atoms with Crippen molar-refractivity contribution in [2.75, 3.05) is 19.7 Å². The standard InChI is InChI=1S/C24H35FN2O4/c1-23-6-3-13(27-31-14-5-8-26-11-14)9-17(23)15(12-28)21(29)20-16(23)4-7-24(2)18(20)10-19(25)22(24)30/h3,9,14-16,18-21,26-29H,4-8,10-12H2,1-2H3. The summed E-state index contributed by atoms with van der Waals surface area (Å²) in [5, 5.41) is 25.0. The number of hydrogen-bond acceptors (Lipinski definition) is 6. The molecular formula is C24H35FN2O4. The van der Waals surface area contributed by atoms with E-state index in [1.807, 2.05) is 13.0 Å². The number of hydroxylamine groups is 1. The zero-order valence-electron chi connectivity index (χ0n) is 18.4. The van der Waals surface area contributed by atoms with Gasteiger partial charge in [-0.1, -0.05) is 25.5 Å². The van der Waals surface area contributed by atoms with Crippen LogP contribution in [0.3, 0.4) is 0 Å². The highest BCUT2D eigenvalue weighted by atomic mass is 19.1. The molecule has 6 nitrogen and oxygen atoms in total. The van der Waals surface area contributed by atoms with Gasteiger partial charge < -0.3 is 15.5 Å². The van der Waals surface area contributed by atoms with E-state index in [-0.39, 0.29) is 48.1 Å². The Balaban J connectivity index is 1.43. The SMILES string of the molecule is CC12CCC3C(C(O)C(CO)C4=CC(NOC5CCNC5)=CCC43C)C1CC(F)C2=O. The second-order valence-electron chi connectivity index (χ2n) is 10.8. The lowest BCUT2D eigenvalue weighted by atomic mass is 9.45. The molecule has 0 bridgehead atoms. The van der Waals surface area contributed by atoms with Crippen molar-refractivity contribution in [2.45, 2.75) is 64.3 Å². The summed E-state index contributed by atoms with van der Waals surface area (Å²) in [6, 6.07) is 0. The van der Waals surface area contributed by atoms with Crippen LogP contribution in [-0.4, -0.2) is 54.1 Å². The lowest BCUT2D eigenvalue weighted by Gasteiger charge is -2.60. The highest BCUT2D eigenvalue weighted by Gasteiger charge is 2.65. The molecule has 9 atom stereocenters. The maximum atomic E-state index is 14.5. The summed E-state index contributed by atoms with van der Waals surface area (Å²) in [5.41, 5.74) is 4.08. The number of halogens is 1. The average molecular weight is 435 g/mol. The van der Waals surface area contributed by atoms with Crippen molar-refractivity contribution >= 4 is 5.78 Å². The smallest absolute Gasteiger partial charge is 0.173 e. The number of fused-ring (bicyclic) bond motifs is 5. The molecule has 9 unspecified atom stereocenters. The molecule has 0 radical (unpaired) electrons. The molecule has 4 N–H and O–H groups in total. The van der Waals surface area contributed by atoms with Crippen LogP contribution >= 0.6 is 0 Å². The van der Waals surface area contributed by atoms with Crippen LogP contribution in [0.1, 0.15) is 46.0 Å². The molecule has 0 aromatic carbocycles. The second-order valence-corrected chi connectivity index (χ2v) is 10.8. The minimum Gasteiger partial charge on any atom is -0.396 e. The molecule has 31 heavy (non-hydrogen) atoms. The Bertz CT molecular complexity index is 809. The van der Waals surface area contributed by atoms with Gasteiger partial charge in [-0.05, 0) is 67.9 Å². The van der Waals surface area contributed by atoms with E-state index in [4.69, 9.17) is 4.84 Å². The van der Waals surface area contributed by atoms with E-state index in [9.17, 15) is 19.4 Å². The summed E-state index contributed by atoms with van der Waals surface area (Å²) in [4.78, 5) is 18.4. The molecule has 0 aromatic rings. The van der Waals surface area contributed by atoms with Crippen LogP contribution in [0.2, 0.25) is 0 Å². The normalized spacial score (nSPS) is 49.1. The van der Waals surface area contributed by atoms with Gasteiger partial charge in [0.25, 0.3) is 0 Å². The molecule has 1 saturated heterocycles. The Hall–Kier alpha value is -1.28. The fourth-order valence-corrected chi connectivity index (χ4v) is 7.51. The molecule has 3 saturated carbocycles. The third kappa shape index (κ3) is 3.15. The quantitative estimate of drug-likeness (QED) is 0.506. The number of hydrogen-bond donors (Lipinski definition) is 4. The molecule has 7 heteroatoms. The number of allylic oxidation sites excluding steroid dienone is 2. The predicted octanol–water partition coefficient (Wildman–Crippen LogP) is 2.03. The molecule has 1 aliphatic heterocycles. The summed E-state index contributed by atoms with van der Waals surface area (Å²) >= 11 is 0. The van der Waals surface area contributed by atoms with Gasteiger partial charge >= 0.3 is 0 Å². The first-order valence-corrected chi connectivity index (χ1v) is 11.8. The van der Waals surface area contributed by atoms with Gasteiger partial charge in [0.05, 0.1) is 24.5 Å². The molecule has 5 rings (SSSR count). The molecular weight excluding hydrogens is 399 g/mol. The molecule has 172 valence electrons. The van der Waals surface area contributed by atoms with Gasteiger partial charge in [0.2, 0.25) is 0 Å². The van der Waals surface area contributed by atoms with Crippen LogP contribution in [0.5, 0.6) is 0 Å². The van der Waals surface area contributed by atoms with Gasteiger partial charge in [0.15, 0.2) is 12.0 Å². The van der Waals surface area contributed by atoms with Gasteiger partial charge in [-0.15, -0.1) is 0 Å². The number of alkyl halides is 1. The maximum Gasteiger partial charge on any atom is 0.173 e. The Morgan fingerprint density at radius 1 is 1.29 bits per heavy atom. The van der Waals surface area contributed by atoms with Crippen molar-refractivity contribution < 1.29 is 24.2 Å². The fourth-order valence-electron chi connectivity index (χ4n) is 7.51. The van der Waals surface area contributed by atoms with Gasteiger partial charge in [0.1, 0.15) is 0 Å². The molecule has 0 amide bonds. The molecule has 1 heterocycles. The number of aliphatic hydroxyl groups excluding tert-OH is 2. The maximum absolute atomic E-state index is 14.5. The van der Waals surface area contributed by atoms with Gasteiger partial charge in [-0.25, -0.2) is 4.39 Å². The Labute approximate surface area is 183 Å². The average Bonchev–Trinajstić information content (AvgIpc) is 3.35. The number of aliphatic hydroxyl groups is 2. The van der Waals surface area contributed by atoms with E-state index in [0.29, 0.717) is 6.42 Å². The van der Waals surface area contributed by atoms with E-state index in [1.165, 1.54) is 0 Å². The Morgan fingerprint density at radius 3 is 2.81 bits per heavy atom. The monoisotopic (exact) mass is 434 g/mol. The molecule has 5 aliphatic rings. The van der Waals surface area contributed by atoms with E-state index in [0.717, 1.165) is 43.6 Å². The number of carbonyl (C=O) groups excluding carboxylic acids is 1. The van der Waals surface area contributed by atoms with Crippen LogP contribution in [0, 0.1) is 34.5 Å². The number of rotatable bonds is 4. The first kappa shape index (κ1) is 21.6. The van der Waals surface area contributed by atoms with Crippen LogP contribution < -0.4 is 10.8 Å². The van der Waals surface area contributed by atoms with E-state index in [1.54, 1.807) is 0 Å². The van der Waals surface area contributed by atoms with Crippen molar-refractivity contribution in [1.29, 1.82) is 0 Å². The Kier molecular flexibility index (Phi) is 5.32. The summed E-state index contributed by atoms with van der Waals surface area (Å²) in [6.45, 7) is 5.72. The van der Waals surface area contributed by atoms with Gasteiger partial charge in [-0.3, -0.25) is 15.1 Å². The minimum absolute atomic E-state index is 0.132. The molecule has 4 aliphatic carbocycles. The van der Waals surface area contributed by atoms with Crippen molar-refractivity contribution in [3.63, 3.8) is 0 Å². The molecule has 4 fully saturated rings. The van der Waals surface area contributed by atoms with Crippen LogP contribution in [0.15, 0.2) is 23.4 Å². The van der Waals surface area contributed by atoms with Crippen LogP contribution in [-0.2, 0) is 9.63 Å². The van der Waals surface area contributed by atoms with Crippen molar-refractivity contribution in [2.24, 2.45) is 34.5 Å². The first-order valence-electron chi connectivity index (χ1n) is 11.8. The lowest BCUT2D eigenvalue weighted by molar-refractivity contribution is -0.145.